The largest absolute Gasteiger partial charge is 0.294 e. The molecular formula is C10H9ClO2S. The number of thiol groups is 1. The lowest BCUT2D eigenvalue weighted by Crippen LogP contribution is -2.14. The van der Waals surface area contributed by atoms with E-state index in [1.807, 2.05) is 6.07 Å². The second-order valence-electron chi connectivity index (χ2n) is 2.81. The second-order valence-corrected chi connectivity index (χ2v) is 3.81. The van der Waals surface area contributed by atoms with Crippen molar-refractivity contribution in [1.29, 1.82) is 0 Å². The van der Waals surface area contributed by atoms with Crippen LogP contribution in [0.1, 0.15) is 16.8 Å². The molecule has 0 spiro atoms. The molecule has 0 bridgehead atoms. The van der Waals surface area contributed by atoms with Crippen molar-refractivity contribution in [3.8, 4) is 0 Å². The van der Waals surface area contributed by atoms with Gasteiger partial charge in [-0.05, 0) is 11.6 Å². The standard InChI is InChI=1S/C10H9ClO2S/c11-10(13)9(14)6-8(12)7-4-2-1-3-5-7/h1-5,9,14H,6H2. The molecule has 1 atom stereocenters. The molecule has 0 saturated carbocycles. The van der Waals surface area contributed by atoms with E-state index in [0.717, 1.165) is 0 Å². The van der Waals surface area contributed by atoms with Gasteiger partial charge in [0.25, 0.3) is 0 Å². The molecule has 0 aliphatic carbocycles. The van der Waals surface area contributed by atoms with Crippen molar-refractivity contribution < 1.29 is 9.59 Å². The average Bonchev–Trinajstić information content (AvgIpc) is 2.19. The average molecular weight is 229 g/mol. The maximum Gasteiger partial charge on any atom is 0.234 e. The van der Waals surface area contributed by atoms with Crippen LogP contribution in [0.5, 0.6) is 0 Å². The smallest absolute Gasteiger partial charge is 0.234 e. The molecule has 14 heavy (non-hydrogen) atoms. The number of Topliss-reactive ketones (excluding diaryl/α,β-unsaturated/α-hetero) is 1. The first-order valence-corrected chi connectivity index (χ1v) is 4.96. The van der Waals surface area contributed by atoms with Gasteiger partial charge < -0.3 is 0 Å². The highest BCUT2D eigenvalue weighted by Crippen LogP contribution is 2.11. The van der Waals surface area contributed by atoms with Crippen LogP contribution in [0.4, 0.5) is 0 Å². The van der Waals surface area contributed by atoms with Gasteiger partial charge in [0.2, 0.25) is 5.24 Å². The van der Waals surface area contributed by atoms with Crippen molar-refractivity contribution in [2.45, 2.75) is 11.7 Å². The highest BCUT2D eigenvalue weighted by atomic mass is 35.5. The summed E-state index contributed by atoms with van der Waals surface area (Å²) in [6.45, 7) is 0. The highest BCUT2D eigenvalue weighted by Gasteiger charge is 2.16. The number of halogens is 1. The van der Waals surface area contributed by atoms with Crippen molar-refractivity contribution in [3.63, 3.8) is 0 Å². The fraction of sp³-hybridized carbons (Fsp3) is 0.200. The Morgan fingerprint density at radius 1 is 1.29 bits per heavy atom. The summed E-state index contributed by atoms with van der Waals surface area (Å²) in [6.07, 6.45) is 0.0372. The van der Waals surface area contributed by atoms with E-state index in [2.05, 4.69) is 12.6 Å². The fourth-order valence-corrected chi connectivity index (χ4v) is 1.24. The van der Waals surface area contributed by atoms with Gasteiger partial charge in [0.05, 0.1) is 5.25 Å². The first-order valence-electron chi connectivity index (χ1n) is 4.07. The molecule has 1 aromatic rings. The fourth-order valence-electron chi connectivity index (χ4n) is 0.998. The molecule has 0 heterocycles. The van der Waals surface area contributed by atoms with Crippen LogP contribution >= 0.6 is 24.2 Å². The van der Waals surface area contributed by atoms with E-state index in [9.17, 15) is 9.59 Å². The molecule has 74 valence electrons. The lowest BCUT2D eigenvalue weighted by atomic mass is 10.1. The Bertz CT molecular complexity index is 337. The number of ketones is 1. The summed E-state index contributed by atoms with van der Waals surface area (Å²) in [5.41, 5.74) is 0.574. The Kier molecular flexibility index (Phi) is 4.17. The molecule has 0 fully saturated rings. The van der Waals surface area contributed by atoms with Crippen molar-refractivity contribution in [2.75, 3.05) is 0 Å². The molecule has 1 rings (SSSR count). The number of benzene rings is 1. The van der Waals surface area contributed by atoms with Gasteiger partial charge in [-0.15, -0.1) is 0 Å². The molecule has 1 unspecified atom stereocenters. The third-order valence-electron chi connectivity index (χ3n) is 1.74. The Balaban J connectivity index is 2.64. The first kappa shape index (κ1) is 11.3. The summed E-state index contributed by atoms with van der Waals surface area (Å²) in [6, 6.07) is 8.75. The molecule has 0 radical (unpaired) electrons. The van der Waals surface area contributed by atoms with Gasteiger partial charge in [-0.1, -0.05) is 30.3 Å². The summed E-state index contributed by atoms with van der Waals surface area (Å²) in [5, 5.41) is -1.32. The molecule has 0 aromatic heterocycles. The lowest BCUT2D eigenvalue weighted by Gasteiger charge is -2.03. The van der Waals surface area contributed by atoms with E-state index in [1.165, 1.54) is 0 Å². The van der Waals surface area contributed by atoms with E-state index in [-0.39, 0.29) is 12.2 Å². The van der Waals surface area contributed by atoms with Crippen LogP contribution in [0.3, 0.4) is 0 Å². The van der Waals surface area contributed by atoms with Crippen LogP contribution in [-0.4, -0.2) is 16.3 Å². The Hall–Kier alpha value is -0.800. The first-order chi connectivity index (χ1) is 6.61. The Labute approximate surface area is 92.7 Å². The van der Waals surface area contributed by atoms with Crippen LogP contribution < -0.4 is 0 Å². The maximum atomic E-state index is 11.5. The molecule has 0 aliphatic heterocycles. The molecular weight excluding hydrogens is 220 g/mol. The summed E-state index contributed by atoms with van der Waals surface area (Å²) in [5.74, 6) is -0.125. The van der Waals surface area contributed by atoms with Crippen LogP contribution in [0.25, 0.3) is 0 Å². The number of carbonyl (C=O) groups excluding carboxylic acids is 2. The number of hydrogen-bond acceptors (Lipinski definition) is 3. The normalized spacial score (nSPS) is 12.1. The monoisotopic (exact) mass is 228 g/mol. The minimum Gasteiger partial charge on any atom is -0.294 e. The summed E-state index contributed by atoms with van der Waals surface area (Å²) < 4.78 is 0. The third-order valence-corrected chi connectivity index (χ3v) is 2.57. The minimum atomic E-state index is -0.718. The Morgan fingerprint density at radius 2 is 1.86 bits per heavy atom. The van der Waals surface area contributed by atoms with Gasteiger partial charge in [-0.3, -0.25) is 9.59 Å². The molecule has 0 aliphatic rings. The molecule has 0 N–H and O–H groups in total. The van der Waals surface area contributed by atoms with Gasteiger partial charge in [0, 0.05) is 12.0 Å². The third kappa shape index (κ3) is 3.16. The SMILES string of the molecule is O=C(CC(S)C(=O)Cl)c1ccccc1. The predicted molar refractivity (Wildman–Crippen MR) is 59.0 cm³/mol. The quantitative estimate of drug-likeness (QED) is 0.488. The predicted octanol–water partition coefficient (Wildman–Crippen LogP) is 2.32. The van der Waals surface area contributed by atoms with E-state index in [4.69, 9.17) is 11.6 Å². The van der Waals surface area contributed by atoms with E-state index in [0.29, 0.717) is 5.56 Å². The van der Waals surface area contributed by atoms with Crippen molar-refractivity contribution in [3.05, 3.63) is 35.9 Å². The summed E-state index contributed by atoms with van der Waals surface area (Å²) in [7, 11) is 0. The van der Waals surface area contributed by atoms with Crippen LogP contribution in [0, 0.1) is 0 Å². The van der Waals surface area contributed by atoms with E-state index >= 15 is 0 Å². The summed E-state index contributed by atoms with van der Waals surface area (Å²) in [4.78, 5) is 22.1. The zero-order valence-electron chi connectivity index (χ0n) is 7.31. The van der Waals surface area contributed by atoms with Gasteiger partial charge in [-0.25, -0.2) is 0 Å². The minimum absolute atomic E-state index is 0.0372. The molecule has 0 saturated heterocycles. The van der Waals surface area contributed by atoms with Gasteiger partial charge in [-0.2, -0.15) is 12.6 Å². The topological polar surface area (TPSA) is 34.1 Å². The molecule has 1 aromatic carbocycles. The highest BCUT2D eigenvalue weighted by molar-refractivity contribution is 7.82. The second kappa shape index (κ2) is 5.17. The van der Waals surface area contributed by atoms with Crippen molar-refractivity contribution in [2.24, 2.45) is 0 Å². The van der Waals surface area contributed by atoms with E-state index in [1.54, 1.807) is 24.3 Å². The van der Waals surface area contributed by atoms with Crippen molar-refractivity contribution >= 4 is 35.3 Å². The Morgan fingerprint density at radius 3 is 2.36 bits per heavy atom. The number of hydrogen-bond donors (Lipinski definition) is 1. The molecule has 2 nitrogen and oxygen atoms in total. The zero-order chi connectivity index (χ0) is 10.6. The van der Waals surface area contributed by atoms with Crippen molar-refractivity contribution in [1.82, 2.24) is 0 Å². The van der Waals surface area contributed by atoms with Crippen LogP contribution in [0.2, 0.25) is 0 Å². The summed E-state index contributed by atoms with van der Waals surface area (Å²) >= 11 is 9.10. The van der Waals surface area contributed by atoms with E-state index < -0.39 is 10.5 Å². The molecule has 4 heteroatoms. The van der Waals surface area contributed by atoms with Gasteiger partial charge in [0.15, 0.2) is 5.78 Å². The van der Waals surface area contributed by atoms with Gasteiger partial charge in [0.1, 0.15) is 0 Å². The maximum absolute atomic E-state index is 11.5. The molecule has 0 amide bonds. The lowest BCUT2D eigenvalue weighted by molar-refractivity contribution is -0.111. The number of carbonyl (C=O) groups is 2. The number of rotatable bonds is 4. The van der Waals surface area contributed by atoms with Gasteiger partial charge >= 0.3 is 0 Å². The van der Waals surface area contributed by atoms with Crippen LogP contribution in [-0.2, 0) is 4.79 Å². The van der Waals surface area contributed by atoms with Crippen LogP contribution in [0.15, 0.2) is 30.3 Å². The zero-order valence-corrected chi connectivity index (χ0v) is 8.96.